The Bertz CT molecular complexity index is 380. The minimum Gasteiger partial charge on any atom is -0.502 e. The van der Waals surface area contributed by atoms with E-state index in [1.54, 1.807) is 0 Å². The van der Waals surface area contributed by atoms with Crippen LogP contribution in [0.1, 0.15) is 19.0 Å². The van der Waals surface area contributed by atoms with Gasteiger partial charge in [-0.1, -0.05) is 13.3 Å². The van der Waals surface area contributed by atoms with Crippen molar-refractivity contribution in [1.29, 1.82) is 0 Å². The van der Waals surface area contributed by atoms with Gasteiger partial charge in [-0.05, 0) is 18.6 Å². The van der Waals surface area contributed by atoms with E-state index < -0.39 is 5.56 Å². The van der Waals surface area contributed by atoms with Crippen LogP contribution in [0.25, 0.3) is 0 Å². The summed E-state index contributed by atoms with van der Waals surface area (Å²) in [7, 11) is 0. The molecule has 0 atom stereocenters. The zero-order valence-corrected chi connectivity index (χ0v) is 7.49. The Balaban J connectivity index is 3.28. The first-order chi connectivity index (χ1) is 5.65. The van der Waals surface area contributed by atoms with Crippen LogP contribution >= 0.6 is 12.2 Å². The van der Waals surface area contributed by atoms with Crippen LogP contribution in [0.2, 0.25) is 0 Å². The number of aromatic hydroxyl groups is 1. The number of nitrogens with one attached hydrogen (secondary N) is 2. The van der Waals surface area contributed by atoms with Gasteiger partial charge in [0.1, 0.15) is 0 Å². The van der Waals surface area contributed by atoms with Crippen molar-refractivity contribution < 1.29 is 5.11 Å². The lowest BCUT2D eigenvalue weighted by Crippen LogP contribution is -2.10. The van der Waals surface area contributed by atoms with Crippen molar-refractivity contribution in [2.45, 2.75) is 19.8 Å². The Morgan fingerprint density at radius 3 is 2.75 bits per heavy atom. The number of H-pyrrole nitrogens is 2. The topological polar surface area (TPSA) is 68.9 Å². The molecule has 0 spiro atoms. The first-order valence-electron chi connectivity index (χ1n) is 3.69. The summed E-state index contributed by atoms with van der Waals surface area (Å²) in [5.74, 6) is -0.259. The van der Waals surface area contributed by atoms with Crippen LogP contribution in [0.5, 0.6) is 5.75 Å². The molecule has 0 aliphatic heterocycles. The third-order valence-corrected chi connectivity index (χ3v) is 1.70. The fourth-order valence-electron chi connectivity index (χ4n) is 0.958. The number of hydrogen-bond acceptors (Lipinski definition) is 3. The number of aryl methyl sites for hydroxylation is 1. The van der Waals surface area contributed by atoms with Gasteiger partial charge in [-0.3, -0.25) is 9.78 Å². The maximum atomic E-state index is 10.9. The molecule has 1 aromatic rings. The highest BCUT2D eigenvalue weighted by atomic mass is 32.1. The average Bonchev–Trinajstić information content (AvgIpc) is 2.00. The Kier molecular flexibility index (Phi) is 2.65. The number of aromatic nitrogens is 2. The monoisotopic (exact) mass is 186 g/mol. The van der Waals surface area contributed by atoms with Gasteiger partial charge in [0.15, 0.2) is 4.77 Å². The van der Waals surface area contributed by atoms with Crippen molar-refractivity contribution in [3.63, 3.8) is 0 Å². The lowest BCUT2D eigenvalue weighted by Gasteiger charge is -2.00. The largest absolute Gasteiger partial charge is 0.502 e. The molecule has 66 valence electrons. The van der Waals surface area contributed by atoms with Crippen LogP contribution in [0.3, 0.4) is 0 Å². The minimum atomic E-state index is -0.526. The Labute approximate surface area is 74.3 Å². The van der Waals surface area contributed by atoms with Gasteiger partial charge in [0, 0.05) is 0 Å². The van der Waals surface area contributed by atoms with E-state index >= 15 is 0 Å². The molecule has 1 aromatic heterocycles. The van der Waals surface area contributed by atoms with Crippen molar-refractivity contribution in [1.82, 2.24) is 9.97 Å². The molecule has 0 fully saturated rings. The maximum Gasteiger partial charge on any atom is 0.294 e. The summed E-state index contributed by atoms with van der Waals surface area (Å²) >= 11 is 4.74. The Morgan fingerprint density at radius 2 is 2.17 bits per heavy atom. The van der Waals surface area contributed by atoms with Gasteiger partial charge in [-0.2, -0.15) is 0 Å². The molecule has 0 amide bonds. The Hall–Kier alpha value is -1.10. The lowest BCUT2D eigenvalue weighted by atomic mass is 10.2. The second kappa shape index (κ2) is 3.53. The molecule has 4 nitrogen and oxygen atoms in total. The number of rotatable bonds is 2. The lowest BCUT2D eigenvalue weighted by molar-refractivity contribution is 0.453. The molecule has 0 saturated heterocycles. The fourth-order valence-corrected chi connectivity index (χ4v) is 1.17. The number of aromatic amines is 2. The van der Waals surface area contributed by atoms with E-state index in [0.717, 1.165) is 6.42 Å². The molecule has 0 aliphatic rings. The smallest absolute Gasteiger partial charge is 0.294 e. The molecule has 3 N–H and O–H groups in total. The van der Waals surface area contributed by atoms with E-state index in [0.29, 0.717) is 12.1 Å². The molecule has 1 rings (SSSR count). The molecule has 0 saturated carbocycles. The van der Waals surface area contributed by atoms with Crippen LogP contribution in [0, 0.1) is 4.77 Å². The van der Waals surface area contributed by atoms with Crippen molar-refractivity contribution in [3.05, 3.63) is 20.8 Å². The van der Waals surface area contributed by atoms with Gasteiger partial charge in [0.2, 0.25) is 5.75 Å². The molecular formula is C7H10N2O2S. The molecule has 12 heavy (non-hydrogen) atoms. The summed E-state index contributed by atoms with van der Waals surface area (Å²) in [6.45, 7) is 1.96. The number of hydrogen-bond donors (Lipinski definition) is 3. The molecule has 0 unspecified atom stereocenters. The van der Waals surface area contributed by atoms with Crippen molar-refractivity contribution in [2.24, 2.45) is 0 Å². The van der Waals surface area contributed by atoms with Gasteiger partial charge in [0.25, 0.3) is 5.56 Å². The summed E-state index contributed by atoms with van der Waals surface area (Å²) in [6, 6.07) is 0. The maximum absolute atomic E-state index is 10.9. The third-order valence-electron chi connectivity index (χ3n) is 1.49. The van der Waals surface area contributed by atoms with Crippen molar-refractivity contribution in [3.8, 4) is 5.75 Å². The molecule has 0 aliphatic carbocycles. The zero-order valence-electron chi connectivity index (χ0n) is 6.68. The van der Waals surface area contributed by atoms with E-state index in [4.69, 9.17) is 12.2 Å². The second-order valence-electron chi connectivity index (χ2n) is 2.49. The molecule has 0 bridgehead atoms. The standard InChI is InChI=1S/C7H10N2O2S/c1-2-3-4-5(10)6(11)9-7(12)8-4/h10H,2-3H2,1H3,(H2,8,9,11,12). The van der Waals surface area contributed by atoms with Gasteiger partial charge in [0.05, 0.1) is 5.69 Å². The average molecular weight is 186 g/mol. The van der Waals surface area contributed by atoms with Crippen molar-refractivity contribution in [2.75, 3.05) is 0 Å². The quantitative estimate of drug-likeness (QED) is 0.605. The van der Waals surface area contributed by atoms with Crippen LogP contribution in [0.4, 0.5) is 0 Å². The second-order valence-corrected chi connectivity index (χ2v) is 2.89. The Morgan fingerprint density at radius 1 is 1.50 bits per heavy atom. The van der Waals surface area contributed by atoms with Gasteiger partial charge >= 0.3 is 0 Å². The molecule has 0 radical (unpaired) electrons. The molecular weight excluding hydrogens is 176 g/mol. The molecule has 5 heteroatoms. The van der Waals surface area contributed by atoms with Crippen molar-refractivity contribution >= 4 is 12.2 Å². The normalized spacial score (nSPS) is 10.1. The summed E-state index contributed by atoms with van der Waals surface area (Å²) in [5.41, 5.74) is -0.0200. The third kappa shape index (κ3) is 1.73. The first kappa shape index (κ1) is 8.99. The molecule has 1 heterocycles. The highest BCUT2D eigenvalue weighted by Gasteiger charge is 2.03. The van der Waals surface area contributed by atoms with E-state index in [2.05, 4.69) is 9.97 Å². The van der Waals surface area contributed by atoms with E-state index in [9.17, 15) is 9.90 Å². The summed E-state index contributed by atoms with van der Waals surface area (Å²) in [4.78, 5) is 16.0. The van der Waals surface area contributed by atoms with Gasteiger partial charge in [-0.15, -0.1) is 0 Å². The predicted octanol–water partition coefficient (Wildman–Crippen LogP) is 1.09. The summed E-state index contributed by atoms with van der Waals surface area (Å²) in [5, 5.41) is 9.23. The van der Waals surface area contributed by atoms with Gasteiger partial charge in [-0.25, -0.2) is 0 Å². The highest BCUT2D eigenvalue weighted by molar-refractivity contribution is 7.71. The van der Waals surface area contributed by atoms with Gasteiger partial charge < -0.3 is 10.1 Å². The SMILES string of the molecule is CCCc1[nH]c(=S)[nH]c(=O)c1O. The zero-order chi connectivity index (χ0) is 9.14. The van der Waals surface area contributed by atoms with Crippen LogP contribution in [-0.2, 0) is 6.42 Å². The van der Waals surface area contributed by atoms with E-state index in [-0.39, 0.29) is 10.5 Å². The molecule has 0 aromatic carbocycles. The fraction of sp³-hybridized carbons (Fsp3) is 0.429. The highest BCUT2D eigenvalue weighted by Crippen LogP contribution is 2.08. The predicted molar refractivity (Wildman–Crippen MR) is 47.9 cm³/mol. The van der Waals surface area contributed by atoms with E-state index in [1.807, 2.05) is 6.92 Å². The minimum absolute atomic E-state index is 0.251. The summed E-state index contributed by atoms with van der Waals surface area (Å²) < 4.78 is 0.251. The summed E-state index contributed by atoms with van der Waals surface area (Å²) in [6.07, 6.45) is 1.47. The first-order valence-corrected chi connectivity index (χ1v) is 4.10. The van der Waals surface area contributed by atoms with Crippen LogP contribution in [-0.4, -0.2) is 15.1 Å². The van der Waals surface area contributed by atoms with Crippen LogP contribution < -0.4 is 5.56 Å². The van der Waals surface area contributed by atoms with Crippen LogP contribution in [0.15, 0.2) is 4.79 Å². The van der Waals surface area contributed by atoms with E-state index in [1.165, 1.54) is 0 Å².